The lowest BCUT2D eigenvalue weighted by molar-refractivity contribution is -0.116. The first-order valence-electron chi connectivity index (χ1n) is 8.33. The van der Waals surface area contributed by atoms with Gasteiger partial charge in [-0.05, 0) is 42.0 Å². The number of halogens is 1. The zero-order valence-electron chi connectivity index (χ0n) is 14.1. The Hall–Kier alpha value is -3.27. The Morgan fingerprint density at radius 2 is 1.38 bits per heavy atom. The van der Waals surface area contributed by atoms with Crippen molar-refractivity contribution in [2.24, 2.45) is 0 Å². The highest BCUT2D eigenvalue weighted by Gasteiger charge is 2.25. The van der Waals surface area contributed by atoms with Crippen molar-refractivity contribution >= 4 is 17.4 Å². The van der Waals surface area contributed by atoms with E-state index in [9.17, 15) is 14.0 Å². The molecule has 3 aromatic rings. The van der Waals surface area contributed by atoms with Crippen LogP contribution in [0.1, 0.15) is 28.3 Å². The molecular formula is C22H18FNO2. The van der Waals surface area contributed by atoms with Crippen molar-refractivity contribution in [3.63, 3.8) is 0 Å². The number of hydrogen-bond donors (Lipinski definition) is 1. The molecule has 4 heteroatoms. The largest absolute Gasteiger partial charge is 0.326 e. The first-order chi connectivity index (χ1) is 12.6. The maximum absolute atomic E-state index is 13.2. The standard InChI is InChI=1S/C22H18FNO2/c23-18-13-11-17(12-14-18)22(26)20(16-7-3-1-4-8-16)15-21(25)24-19-9-5-2-6-10-19/h1-14,20H,15H2,(H,24,25). The number of amides is 1. The minimum absolute atomic E-state index is 0.00905. The van der Waals surface area contributed by atoms with Gasteiger partial charge in [0.25, 0.3) is 0 Å². The van der Waals surface area contributed by atoms with Crippen LogP contribution < -0.4 is 5.32 Å². The molecule has 3 rings (SSSR count). The van der Waals surface area contributed by atoms with Crippen molar-refractivity contribution in [2.75, 3.05) is 5.32 Å². The summed E-state index contributed by atoms with van der Waals surface area (Å²) in [6.07, 6.45) is 0.00905. The van der Waals surface area contributed by atoms with Gasteiger partial charge in [0.05, 0.1) is 5.92 Å². The molecule has 130 valence electrons. The molecule has 0 aliphatic rings. The molecule has 3 aromatic carbocycles. The number of rotatable bonds is 6. The van der Waals surface area contributed by atoms with Gasteiger partial charge in [0.1, 0.15) is 5.82 Å². The number of ketones is 1. The summed E-state index contributed by atoms with van der Waals surface area (Å²) in [5, 5.41) is 2.81. The fourth-order valence-corrected chi connectivity index (χ4v) is 2.78. The van der Waals surface area contributed by atoms with Crippen molar-refractivity contribution in [1.82, 2.24) is 0 Å². The van der Waals surface area contributed by atoms with Gasteiger partial charge in [0, 0.05) is 17.7 Å². The summed E-state index contributed by atoms with van der Waals surface area (Å²) in [5.74, 6) is -1.50. The van der Waals surface area contributed by atoms with Gasteiger partial charge in [-0.15, -0.1) is 0 Å². The molecule has 0 fully saturated rings. The van der Waals surface area contributed by atoms with E-state index >= 15 is 0 Å². The molecule has 26 heavy (non-hydrogen) atoms. The molecule has 0 saturated heterocycles. The Kier molecular flexibility index (Phi) is 5.54. The van der Waals surface area contributed by atoms with E-state index in [0.717, 1.165) is 5.56 Å². The van der Waals surface area contributed by atoms with Crippen LogP contribution >= 0.6 is 0 Å². The maximum atomic E-state index is 13.2. The lowest BCUT2D eigenvalue weighted by Gasteiger charge is -2.16. The van der Waals surface area contributed by atoms with Crippen LogP contribution in [0.5, 0.6) is 0 Å². The van der Waals surface area contributed by atoms with Crippen molar-refractivity contribution in [2.45, 2.75) is 12.3 Å². The molecule has 0 aromatic heterocycles. The highest BCUT2D eigenvalue weighted by molar-refractivity contribution is 6.04. The molecular weight excluding hydrogens is 329 g/mol. The molecule has 0 saturated carbocycles. The molecule has 0 bridgehead atoms. The van der Waals surface area contributed by atoms with E-state index in [2.05, 4.69) is 5.32 Å². The monoisotopic (exact) mass is 347 g/mol. The minimum atomic E-state index is -0.634. The number of anilines is 1. The van der Waals surface area contributed by atoms with E-state index in [0.29, 0.717) is 11.3 Å². The highest BCUT2D eigenvalue weighted by Crippen LogP contribution is 2.25. The second kappa shape index (κ2) is 8.21. The van der Waals surface area contributed by atoms with Crippen molar-refractivity contribution in [1.29, 1.82) is 0 Å². The van der Waals surface area contributed by atoms with Crippen LogP contribution in [-0.2, 0) is 4.79 Å². The first-order valence-corrected chi connectivity index (χ1v) is 8.33. The van der Waals surface area contributed by atoms with E-state index in [4.69, 9.17) is 0 Å². The van der Waals surface area contributed by atoms with Crippen LogP contribution in [0.4, 0.5) is 10.1 Å². The Bertz CT molecular complexity index is 877. The summed E-state index contributed by atoms with van der Waals surface area (Å²) in [7, 11) is 0. The predicted octanol–water partition coefficient (Wildman–Crippen LogP) is 4.82. The fraction of sp³-hybridized carbons (Fsp3) is 0.0909. The van der Waals surface area contributed by atoms with E-state index in [1.807, 2.05) is 48.5 Å². The van der Waals surface area contributed by atoms with Crippen molar-refractivity contribution < 1.29 is 14.0 Å². The normalized spacial score (nSPS) is 11.6. The summed E-state index contributed by atoms with van der Waals surface area (Å²) in [6, 6.07) is 23.6. The number of carbonyl (C=O) groups excluding carboxylic acids is 2. The molecule has 0 aliphatic heterocycles. The number of benzene rings is 3. The van der Waals surface area contributed by atoms with Crippen LogP contribution in [-0.4, -0.2) is 11.7 Å². The van der Waals surface area contributed by atoms with Gasteiger partial charge in [0.15, 0.2) is 5.78 Å². The van der Waals surface area contributed by atoms with Crippen LogP contribution in [0, 0.1) is 5.82 Å². The average molecular weight is 347 g/mol. The van der Waals surface area contributed by atoms with Gasteiger partial charge in [-0.3, -0.25) is 9.59 Å². The lowest BCUT2D eigenvalue weighted by atomic mass is 9.87. The quantitative estimate of drug-likeness (QED) is 0.650. The molecule has 0 spiro atoms. The minimum Gasteiger partial charge on any atom is -0.326 e. The molecule has 1 unspecified atom stereocenters. The molecule has 3 nitrogen and oxygen atoms in total. The average Bonchev–Trinajstić information content (AvgIpc) is 2.68. The van der Waals surface area contributed by atoms with Crippen LogP contribution in [0.3, 0.4) is 0 Å². The third-order valence-corrected chi connectivity index (χ3v) is 4.09. The molecule has 0 heterocycles. The third-order valence-electron chi connectivity index (χ3n) is 4.09. The summed E-state index contributed by atoms with van der Waals surface area (Å²) in [5.41, 5.74) is 1.82. The third kappa shape index (κ3) is 4.42. The predicted molar refractivity (Wildman–Crippen MR) is 99.6 cm³/mol. The second-order valence-electron chi connectivity index (χ2n) is 5.95. The van der Waals surface area contributed by atoms with Gasteiger partial charge in [-0.2, -0.15) is 0 Å². The van der Waals surface area contributed by atoms with Gasteiger partial charge in [0.2, 0.25) is 5.91 Å². The van der Waals surface area contributed by atoms with E-state index < -0.39 is 11.7 Å². The first kappa shape index (κ1) is 17.5. The number of nitrogens with one attached hydrogen (secondary N) is 1. The number of hydrogen-bond acceptors (Lipinski definition) is 2. The van der Waals surface area contributed by atoms with Crippen LogP contribution in [0.25, 0.3) is 0 Å². The van der Waals surface area contributed by atoms with Gasteiger partial charge >= 0.3 is 0 Å². The summed E-state index contributed by atoms with van der Waals surface area (Å²) in [4.78, 5) is 25.4. The second-order valence-corrected chi connectivity index (χ2v) is 5.95. The lowest BCUT2D eigenvalue weighted by Crippen LogP contribution is -2.21. The molecule has 0 aliphatic carbocycles. The van der Waals surface area contributed by atoms with E-state index in [-0.39, 0.29) is 18.1 Å². The number of Topliss-reactive ketones (excluding diaryl/α,β-unsaturated/α-hetero) is 1. The van der Waals surface area contributed by atoms with Crippen LogP contribution in [0.2, 0.25) is 0 Å². The molecule has 1 amide bonds. The Balaban J connectivity index is 1.83. The summed E-state index contributed by atoms with van der Waals surface area (Å²) in [6.45, 7) is 0. The van der Waals surface area contributed by atoms with E-state index in [1.165, 1.54) is 24.3 Å². The fourth-order valence-electron chi connectivity index (χ4n) is 2.78. The van der Waals surface area contributed by atoms with Gasteiger partial charge in [-0.25, -0.2) is 4.39 Å². The maximum Gasteiger partial charge on any atom is 0.225 e. The summed E-state index contributed by atoms with van der Waals surface area (Å²) >= 11 is 0. The zero-order valence-corrected chi connectivity index (χ0v) is 14.1. The topological polar surface area (TPSA) is 46.2 Å². The van der Waals surface area contributed by atoms with Gasteiger partial charge < -0.3 is 5.32 Å². The number of carbonyl (C=O) groups is 2. The SMILES string of the molecule is O=C(CC(C(=O)c1ccc(F)cc1)c1ccccc1)Nc1ccccc1. The number of para-hydroxylation sites is 1. The van der Waals surface area contributed by atoms with Crippen molar-refractivity contribution in [3.05, 3.63) is 102 Å². The summed E-state index contributed by atoms with van der Waals surface area (Å²) < 4.78 is 13.2. The van der Waals surface area contributed by atoms with Crippen LogP contribution in [0.15, 0.2) is 84.9 Å². The molecule has 1 N–H and O–H groups in total. The van der Waals surface area contributed by atoms with Crippen molar-refractivity contribution in [3.8, 4) is 0 Å². The molecule has 1 atom stereocenters. The van der Waals surface area contributed by atoms with E-state index in [1.54, 1.807) is 12.1 Å². The zero-order chi connectivity index (χ0) is 18.4. The highest BCUT2D eigenvalue weighted by atomic mass is 19.1. The van der Waals surface area contributed by atoms with Gasteiger partial charge in [-0.1, -0.05) is 48.5 Å². The Labute approximate surface area is 151 Å². The Morgan fingerprint density at radius 3 is 2.00 bits per heavy atom. The Morgan fingerprint density at radius 1 is 0.808 bits per heavy atom. The molecule has 0 radical (unpaired) electrons. The smallest absolute Gasteiger partial charge is 0.225 e.